The van der Waals surface area contributed by atoms with Crippen LogP contribution in [0, 0.1) is 0 Å². The number of carboxylic acid groups (broad SMARTS) is 1. The third kappa shape index (κ3) is 3.95. The average Bonchev–Trinajstić information content (AvgIpc) is 2.47. The standard InChI is InChI=1S/C15H20N2O4/c1-16(15(21)17-8-2-3-13(18)10-17)9-11-4-6-12(7-5-11)14(19)20/h4-7,13,18H,2-3,8-10H2,1H3,(H,19,20). The zero-order chi connectivity index (χ0) is 15.4. The third-order valence-electron chi connectivity index (χ3n) is 3.61. The lowest BCUT2D eigenvalue weighted by Gasteiger charge is -2.33. The van der Waals surface area contributed by atoms with Crippen LogP contribution < -0.4 is 0 Å². The van der Waals surface area contributed by atoms with Gasteiger partial charge in [-0.1, -0.05) is 12.1 Å². The minimum atomic E-state index is -0.965. The first-order chi connectivity index (χ1) is 9.97. The Balaban J connectivity index is 1.95. The Hall–Kier alpha value is -2.08. The summed E-state index contributed by atoms with van der Waals surface area (Å²) in [5.74, 6) is -0.965. The minimum Gasteiger partial charge on any atom is -0.478 e. The van der Waals surface area contributed by atoms with Crippen molar-refractivity contribution < 1.29 is 19.8 Å². The Morgan fingerprint density at radius 1 is 1.33 bits per heavy atom. The Morgan fingerprint density at radius 3 is 2.57 bits per heavy atom. The van der Waals surface area contributed by atoms with Gasteiger partial charge in [-0.3, -0.25) is 0 Å². The molecule has 2 rings (SSSR count). The van der Waals surface area contributed by atoms with Crippen molar-refractivity contribution in [2.45, 2.75) is 25.5 Å². The Labute approximate surface area is 123 Å². The zero-order valence-corrected chi connectivity index (χ0v) is 12.0. The van der Waals surface area contributed by atoms with E-state index >= 15 is 0 Å². The van der Waals surface area contributed by atoms with Crippen molar-refractivity contribution >= 4 is 12.0 Å². The lowest BCUT2D eigenvalue weighted by atomic mass is 10.1. The molecule has 1 aromatic carbocycles. The van der Waals surface area contributed by atoms with Crippen LogP contribution in [-0.2, 0) is 6.54 Å². The number of likely N-dealkylation sites (tertiary alicyclic amines) is 1. The van der Waals surface area contributed by atoms with E-state index in [1.165, 1.54) is 12.1 Å². The van der Waals surface area contributed by atoms with Gasteiger partial charge in [0.15, 0.2) is 0 Å². The van der Waals surface area contributed by atoms with Gasteiger partial charge in [-0.05, 0) is 30.5 Å². The van der Waals surface area contributed by atoms with E-state index in [4.69, 9.17) is 5.11 Å². The molecule has 1 aliphatic heterocycles. The van der Waals surface area contributed by atoms with Crippen LogP contribution in [0.2, 0.25) is 0 Å². The first kappa shape index (κ1) is 15.3. The van der Waals surface area contributed by atoms with Crippen molar-refractivity contribution in [3.8, 4) is 0 Å². The number of rotatable bonds is 3. The summed E-state index contributed by atoms with van der Waals surface area (Å²) in [6.07, 6.45) is 1.11. The SMILES string of the molecule is CN(Cc1ccc(C(=O)O)cc1)C(=O)N1CCCC(O)C1. The van der Waals surface area contributed by atoms with Gasteiger partial charge in [0.25, 0.3) is 0 Å². The molecule has 0 aliphatic carbocycles. The molecule has 1 unspecified atom stereocenters. The monoisotopic (exact) mass is 292 g/mol. The highest BCUT2D eigenvalue weighted by Gasteiger charge is 2.24. The smallest absolute Gasteiger partial charge is 0.335 e. The zero-order valence-electron chi connectivity index (χ0n) is 12.0. The number of nitrogens with zero attached hydrogens (tertiary/aromatic N) is 2. The van der Waals surface area contributed by atoms with E-state index < -0.39 is 12.1 Å². The van der Waals surface area contributed by atoms with E-state index in [0.717, 1.165) is 18.4 Å². The molecule has 1 aromatic rings. The van der Waals surface area contributed by atoms with E-state index in [-0.39, 0.29) is 11.6 Å². The number of urea groups is 1. The lowest BCUT2D eigenvalue weighted by Crippen LogP contribution is -2.47. The summed E-state index contributed by atoms with van der Waals surface area (Å²) >= 11 is 0. The second-order valence-corrected chi connectivity index (χ2v) is 5.38. The fourth-order valence-corrected chi connectivity index (χ4v) is 2.46. The van der Waals surface area contributed by atoms with Gasteiger partial charge in [-0.25, -0.2) is 9.59 Å². The van der Waals surface area contributed by atoms with Crippen LogP contribution in [0.5, 0.6) is 0 Å². The van der Waals surface area contributed by atoms with Crippen LogP contribution in [-0.4, -0.2) is 58.3 Å². The highest BCUT2D eigenvalue weighted by Crippen LogP contribution is 2.13. The van der Waals surface area contributed by atoms with Gasteiger partial charge in [0.1, 0.15) is 0 Å². The molecule has 6 heteroatoms. The number of aliphatic hydroxyl groups excluding tert-OH is 1. The molecule has 1 saturated heterocycles. The fourth-order valence-electron chi connectivity index (χ4n) is 2.46. The normalized spacial score (nSPS) is 18.4. The summed E-state index contributed by atoms with van der Waals surface area (Å²) in [5.41, 5.74) is 1.10. The molecule has 0 radical (unpaired) electrons. The van der Waals surface area contributed by atoms with Gasteiger partial charge in [-0.2, -0.15) is 0 Å². The molecular formula is C15H20N2O4. The van der Waals surface area contributed by atoms with Gasteiger partial charge < -0.3 is 20.0 Å². The topological polar surface area (TPSA) is 81.1 Å². The predicted molar refractivity (Wildman–Crippen MR) is 77.1 cm³/mol. The minimum absolute atomic E-state index is 0.115. The lowest BCUT2D eigenvalue weighted by molar-refractivity contribution is 0.0696. The van der Waals surface area contributed by atoms with E-state index in [0.29, 0.717) is 19.6 Å². The van der Waals surface area contributed by atoms with Crippen LogP contribution in [0.1, 0.15) is 28.8 Å². The van der Waals surface area contributed by atoms with Crippen molar-refractivity contribution in [3.63, 3.8) is 0 Å². The molecule has 0 aromatic heterocycles. The van der Waals surface area contributed by atoms with Gasteiger partial charge in [0.05, 0.1) is 11.7 Å². The Kier molecular flexibility index (Phi) is 4.80. The second-order valence-electron chi connectivity index (χ2n) is 5.38. The number of hydrogen-bond acceptors (Lipinski definition) is 3. The predicted octanol–water partition coefficient (Wildman–Crippen LogP) is 1.39. The molecule has 2 amide bonds. The number of hydrogen-bond donors (Lipinski definition) is 2. The summed E-state index contributed by atoms with van der Waals surface area (Å²) in [5, 5.41) is 18.5. The number of carboxylic acids is 1. The van der Waals surface area contributed by atoms with Crippen molar-refractivity contribution in [1.82, 2.24) is 9.80 Å². The molecule has 0 saturated carbocycles. The molecule has 1 fully saturated rings. The number of amides is 2. The van der Waals surface area contributed by atoms with E-state index in [1.54, 1.807) is 29.0 Å². The molecule has 0 bridgehead atoms. The largest absolute Gasteiger partial charge is 0.478 e. The van der Waals surface area contributed by atoms with Crippen LogP contribution >= 0.6 is 0 Å². The number of piperidine rings is 1. The van der Waals surface area contributed by atoms with Crippen LogP contribution in [0.25, 0.3) is 0 Å². The van der Waals surface area contributed by atoms with Gasteiger partial charge in [0.2, 0.25) is 0 Å². The first-order valence-electron chi connectivity index (χ1n) is 6.97. The molecule has 114 valence electrons. The van der Waals surface area contributed by atoms with Gasteiger partial charge >= 0.3 is 12.0 Å². The molecule has 1 atom stereocenters. The number of β-amino-alcohol motifs (C(OH)–C–C–N with tert-alkyl or cyclic N) is 1. The van der Waals surface area contributed by atoms with Gasteiger partial charge in [-0.15, -0.1) is 0 Å². The highest BCUT2D eigenvalue weighted by molar-refractivity contribution is 5.87. The fraction of sp³-hybridized carbons (Fsp3) is 0.467. The van der Waals surface area contributed by atoms with Crippen LogP contribution in [0.4, 0.5) is 4.79 Å². The second kappa shape index (κ2) is 6.58. The number of carbonyl (C=O) groups excluding carboxylic acids is 1. The van der Waals surface area contributed by atoms with Gasteiger partial charge in [0, 0.05) is 26.7 Å². The summed E-state index contributed by atoms with van der Waals surface area (Å²) in [4.78, 5) is 26.3. The Bertz CT molecular complexity index is 515. The van der Waals surface area contributed by atoms with E-state index in [2.05, 4.69) is 0 Å². The maximum atomic E-state index is 12.3. The van der Waals surface area contributed by atoms with Crippen molar-refractivity contribution in [3.05, 3.63) is 35.4 Å². The molecule has 1 heterocycles. The van der Waals surface area contributed by atoms with E-state index in [9.17, 15) is 14.7 Å². The molecule has 2 N–H and O–H groups in total. The summed E-state index contributed by atoms with van der Waals surface area (Å²) in [6, 6.07) is 6.36. The summed E-state index contributed by atoms with van der Waals surface area (Å²) in [7, 11) is 1.70. The average molecular weight is 292 g/mol. The number of carbonyl (C=O) groups is 2. The Morgan fingerprint density at radius 2 is 2.00 bits per heavy atom. The molecule has 1 aliphatic rings. The molecular weight excluding hydrogens is 272 g/mol. The number of benzene rings is 1. The third-order valence-corrected chi connectivity index (χ3v) is 3.61. The molecule has 0 spiro atoms. The quantitative estimate of drug-likeness (QED) is 0.882. The maximum absolute atomic E-state index is 12.3. The highest BCUT2D eigenvalue weighted by atomic mass is 16.4. The molecule has 21 heavy (non-hydrogen) atoms. The van der Waals surface area contributed by atoms with Crippen molar-refractivity contribution in [2.75, 3.05) is 20.1 Å². The number of aliphatic hydroxyl groups is 1. The number of aromatic carboxylic acids is 1. The van der Waals surface area contributed by atoms with Crippen LogP contribution in [0.15, 0.2) is 24.3 Å². The summed E-state index contributed by atoms with van der Waals surface area (Å²) < 4.78 is 0. The first-order valence-corrected chi connectivity index (χ1v) is 6.97. The molecule has 6 nitrogen and oxygen atoms in total. The summed E-state index contributed by atoms with van der Waals surface area (Å²) in [6.45, 7) is 1.45. The van der Waals surface area contributed by atoms with Crippen molar-refractivity contribution in [2.24, 2.45) is 0 Å². The maximum Gasteiger partial charge on any atom is 0.335 e. The van der Waals surface area contributed by atoms with Crippen LogP contribution in [0.3, 0.4) is 0 Å². The van der Waals surface area contributed by atoms with Crippen molar-refractivity contribution in [1.29, 1.82) is 0 Å². The van der Waals surface area contributed by atoms with E-state index in [1.807, 2.05) is 0 Å².